The van der Waals surface area contributed by atoms with E-state index in [0.717, 1.165) is 16.9 Å². The fraction of sp³-hybridized carbons (Fsp3) is 0.200. The van der Waals surface area contributed by atoms with Crippen LogP contribution < -0.4 is 14.7 Å². The van der Waals surface area contributed by atoms with Gasteiger partial charge >= 0.3 is 7.37 Å². The van der Waals surface area contributed by atoms with Gasteiger partial charge in [-0.15, -0.1) is 0 Å². The average Bonchev–Trinajstić information content (AvgIpc) is 2.91. The van der Waals surface area contributed by atoms with E-state index in [-0.39, 0.29) is 5.41 Å². The van der Waals surface area contributed by atoms with E-state index >= 15 is 0 Å². The van der Waals surface area contributed by atoms with E-state index in [9.17, 15) is 4.57 Å². The van der Waals surface area contributed by atoms with Crippen molar-refractivity contribution in [3.8, 4) is 5.75 Å². The second kappa shape index (κ2) is 7.24. The van der Waals surface area contributed by atoms with E-state index in [1.54, 1.807) is 0 Å². The van der Waals surface area contributed by atoms with Crippen LogP contribution in [0.3, 0.4) is 0 Å². The molecule has 0 saturated heterocycles. The number of aryl methyl sites for hydroxylation is 1. The third kappa shape index (κ3) is 3.41. The number of para-hydroxylation sites is 2. The third-order valence-electron chi connectivity index (χ3n) is 5.68. The van der Waals surface area contributed by atoms with Crippen LogP contribution in [0.5, 0.6) is 5.75 Å². The summed E-state index contributed by atoms with van der Waals surface area (Å²) in [7, 11) is -1.29. The van der Waals surface area contributed by atoms with Crippen LogP contribution in [-0.4, -0.2) is 7.05 Å². The van der Waals surface area contributed by atoms with Gasteiger partial charge in [0.1, 0.15) is 5.75 Å². The maximum absolute atomic E-state index is 14.4. The number of hydrogen-bond acceptors (Lipinski definition) is 3. The molecule has 29 heavy (non-hydrogen) atoms. The van der Waals surface area contributed by atoms with Gasteiger partial charge in [-0.25, -0.2) is 0 Å². The summed E-state index contributed by atoms with van der Waals surface area (Å²) in [6, 6.07) is 25.5. The Morgan fingerprint density at radius 3 is 2.21 bits per heavy atom. The Morgan fingerprint density at radius 2 is 1.52 bits per heavy atom. The maximum atomic E-state index is 14.4. The van der Waals surface area contributed by atoms with E-state index in [1.165, 1.54) is 5.56 Å². The molecule has 1 aliphatic heterocycles. The summed E-state index contributed by atoms with van der Waals surface area (Å²) in [5, 5.41) is 0.691. The molecular formula is C25H26NO2P. The largest absolute Gasteiger partial charge is 0.437 e. The molecule has 0 bridgehead atoms. The van der Waals surface area contributed by atoms with Crippen molar-refractivity contribution in [1.82, 2.24) is 0 Å². The van der Waals surface area contributed by atoms with Crippen LogP contribution in [0.4, 0.5) is 5.69 Å². The molecule has 0 saturated carbocycles. The summed E-state index contributed by atoms with van der Waals surface area (Å²) >= 11 is 0. The van der Waals surface area contributed by atoms with Gasteiger partial charge in [0.15, 0.2) is 0 Å². The fourth-order valence-electron chi connectivity index (χ4n) is 3.98. The Kier molecular flexibility index (Phi) is 4.88. The van der Waals surface area contributed by atoms with Crippen LogP contribution in [0.15, 0.2) is 90.4 Å². The second-order valence-corrected chi connectivity index (χ2v) is 10.2. The first-order chi connectivity index (χ1) is 13.8. The van der Waals surface area contributed by atoms with Crippen LogP contribution in [0.25, 0.3) is 0 Å². The van der Waals surface area contributed by atoms with Crippen molar-refractivity contribution >= 4 is 18.4 Å². The van der Waals surface area contributed by atoms with Gasteiger partial charge in [0.2, 0.25) is 0 Å². The average molecular weight is 403 g/mol. The van der Waals surface area contributed by atoms with Crippen LogP contribution in [0.2, 0.25) is 0 Å². The van der Waals surface area contributed by atoms with Gasteiger partial charge in [-0.1, -0.05) is 68.4 Å². The van der Waals surface area contributed by atoms with Crippen molar-refractivity contribution in [1.29, 1.82) is 0 Å². The number of fused-ring (bicyclic) bond motifs is 1. The molecule has 0 fully saturated rings. The highest BCUT2D eigenvalue weighted by Gasteiger charge is 2.41. The zero-order chi connectivity index (χ0) is 20.6. The Bertz CT molecular complexity index is 1120. The zero-order valence-electron chi connectivity index (χ0n) is 17.3. The molecule has 1 aliphatic rings. The Hall–Kier alpha value is -2.77. The van der Waals surface area contributed by atoms with Crippen molar-refractivity contribution < 1.29 is 9.09 Å². The van der Waals surface area contributed by atoms with Gasteiger partial charge < -0.3 is 9.42 Å². The van der Waals surface area contributed by atoms with Gasteiger partial charge in [0.25, 0.3) is 0 Å². The molecule has 0 unspecified atom stereocenters. The smallest absolute Gasteiger partial charge is 0.301 e. The lowest BCUT2D eigenvalue weighted by molar-refractivity contribution is 0.498. The molecular weight excluding hydrogens is 377 g/mol. The quantitative estimate of drug-likeness (QED) is 0.483. The molecule has 0 amide bonds. The van der Waals surface area contributed by atoms with Crippen molar-refractivity contribution in [3.05, 3.63) is 102 Å². The standard InChI is InChI=1S/C25H26NO2P/c1-19-12-8-11-17-23(19)28-29(27,20-13-6-5-7-14-20)18-24-25(2,3)21-15-9-10-16-22(21)26(24)4/h5-18H,1-4H3/t29-/m1/s1. The van der Waals surface area contributed by atoms with E-state index in [2.05, 4.69) is 36.9 Å². The number of hydrogen-bond donors (Lipinski definition) is 0. The first kappa shape index (κ1) is 19.5. The fourth-order valence-corrected chi connectivity index (χ4v) is 6.19. The lowest BCUT2D eigenvalue weighted by atomic mass is 9.84. The van der Waals surface area contributed by atoms with Crippen LogP contribution in [0.1, 0.15) is 25.0 Å². The molecule has 3 aromatic carbocycles. The molecule has 0 spiro atoms. The number of benzene rings is 3. The minimum Gasteiger partial charge on any atom is -0.437 e. The molecule has 0 radical (unpaired) electrons. The molecule has 4 rings (SSSR count). The number of allylic oxidation sites excluding steroid dienone is 1. The summed E-state index contributed by atoms with van der Waals surface area (Å²) < 4.78 is 20.6. The molecule has 3 aromatic rings. The minimum atomic E-state index is -3.32. The number of likely N-dealkylation sites (N-methyl/N-ethyl adjacent to an activating group) is 1. The van der Waals surface area contributed by atoms with E-state index in [0.29, 0.717) is 11.1 Å². The summed E-state index contributed by atoms with van der Waals surface area (Å²) in [6.45, 7) is 6.31. The summed E-state index contributed by atoms with van der Waals surface area (Å²) in [5.41, 5.74) is 4.04. The first-order valence-electron chi connectivity index (χ1n) is 9.80. The summed E-state index contributed by atoms with van der Waals surface area (Å²) in [6.07, 6.45) is 0. The van der Waals surface area contributed by atoms with Gasteiger partial charge in [-0.3, -0.25) is 4.57 Å². The van der Waals surface area contributed by atoms with E-state index in [1.807, 2.05) is 80.5 Å². The predicted molar refractivity (Wildman–Crippen MR) is 121 cm³/mol. The van der Waals surface area contributed by atoms with E-state index < -0.39 is 7.37 Å². The van der Waals surface area contributed by atoms with Gasteiger partial charge in [0, 0.05) is 29.7 Å². The molecule has 0 aliphatic carbocycles. The molecule has 0 N–H and O–H groups in total. The minimum absolute atomic E-state index is 0.273. The highest BCUT2D eigenvalue weighted by molar-refractivity contribution is 7.70. The SMILES string of the molecule is Cc1ccccc1O[P@](=O)(C=C1N(C)c2ccccc2C1(C)C)c1ccccc1. The topological polar surface area (TPSA) is 29.5 Å². The van der Waals surface area contributed by atoms with Crippen molar-refractivity contribution in [2.75, 3.05) is 11.9 Å². The monoisotopic (exact) mass is 403 g/mol. The number of nitrogens with zero attached hydrogens (tertiary/aromatic N) is 1. The summed E-state index contributed by atoms with van der Waals surface area (Å²) in [4.78, 5) is 2.13. The highest BCUT2D eigenvalue weighted by atomic mass is 31.2. The molecule has 4 heteroatoms. The molecule has 3 nitrogen and oxygen atoms in total. The normalized spacial score (nSPS) is 18.3. The number of anilines is 1. The highest BCUT2D eigenvalue weighted by Crippen LogP contribution is 2.55. The lowest BCUT2D eigenvalue weighted by Crippen LogP contribution is -2.24. The Balaban J connectivity index is 1.87. The summed E-state index contributed by atoms with van der Waals surface area (Å²) in [5.74, 6) is 2.50. The molecule has 148 valence electrons. The van der Waals surface area contributed by atoms with E-state index in [4.69, 9.17) is 4.52 Å². The van der Waals surface area contributed by atoms with Crippen molar-refractivity contribution in [2.45, 2.75) is 26.2 Å². The Morgan fingerprint density at radius 1 is 0.897 bits per heavy atom. The van der Waals surface area contributed by atoms with Gasteiger partial charge in [0.05, 0.1) is 5.30 Å². The van der Waals surface area contributed by atoms with Crippen LogP contribution in [0, 0.1) is 6.92 Å². The molecule has 1 atom stereocenters. The second-order valence-electron chi connectivity index (χ2n) is 8.00. The number of rotatable bonds is 4. The molecule has 1 heterocycles. The molecule has 0 aromatic heterocycles. The zero-order valence-corrected chi connectivity index (χ0v) is 18.2. The van der Waals surface area contributed by atoms with Crippen molar-refractivity contribution in [3.63, 3.8) is 0 Å². The predicted octanol–water partition coefficient (Wildman–Crippen LogP) is 6.25. The van der Waals surface area contributed by atoms with Gasteiger partial charge in [-0.2, -0.15) is 0 Å². The Labute approximate surface area is 173 Å². The maximum Gasteiger partial charge on any atom is 0.301 e. The van der Waals surface area contributed by atoms with Crippen molar-refractivity contribution in [2.24, 2.45) is 0 Å². The van der Waals surface area contributed by atoms with Crippen LogP contribution >= 0.6 is 7.37 Å². The third-order valence-corrected chi connectivity index (χ3v) is 7.75. The van der Waals surface area contributed by atoms with Crippen LogP contribution in [-0.2, 0) is 9.98 Å². The first-order valence-corrected chi connectivity index (χ1v) is 11.5. The van der Waals surface area contributed by atoms with Gasteiger partial charge in [-0.05, 0) is 42.3 Å². The lowest BCUT2D eigenvalue weighted by Gasteiger charge is -2.27.